The highest BCUT2D eigenvalue weighted by molar-refractivity contribution is 8.03. The van der Waals surface area contributed by atoms with E-state index in [1.165, 1.54) is 0 Å². The molecule has 5 heteroatoms. The maximum atomic E-state index is 5.94. The predicted molar refractivity (Wildman–Crippen MR) is 54.4 cm³/mol. The molecule has 2 aliphatic heterocycles. The van der Waals surface area contributed by atoms with E-state index in [2.05, 4.69) is 16.4 Å². The lowest BCUT2D eigenvalue weighted by Crippen LogP contribution is -2.26. The zero-order valence-electron chi connectivity index (χ0n) is 6.05. The molecular formula is C7H6Cl2N2S. The third-order valence-electron chi connectivity index (χ3n) is 1.66. The summed E-state index contributed by atoms with van der Waals surface area (Å²) in [5, 5.41) is 5.89. The number of amidine groups is 1. The molecule has 1 atom stereocenters. The fraction of sp³-hybridized carbons (Fsp3) is 0.286. The first kappa shape index (κ1) is 8.48. The van der Waals surface area contributed by atoms with Crippen LogP contribution in [0.25, 0.3) is 0 Å². The van der Waals surface area contributed by atoms with E-state index in [1.54, 1.807) is 11.8 Å². The zero-order valence-corrected chi connectivity index (χ0v) is 8.38. The Morgan fingerprint density at radius 2 is 2.42 bits per heavy atom. The standard InChI is InChI=1S/C7H6Cl2N2S/c8-5-4-2-1-3-12-6(4)11-7(9)10-5/h1,3,6H,2H2,(H,10,11). The number of allylic oxidation sites excluding steroid dienone is 1. The summed E-state index contributed by atoms with van der Waals surface area (Å²) in [5.41, 5.74) is 1.11. The van der Waals surface area contributed by atoms with Crippen molar-refractivity contribution in [1.29, 1.82) is 0 Å². The minimum atomic E-state index is 0.0799. The summed E-state index contributed by atoms with van der Waals surface area (Å²) in [4.78, 5) is 4.20. The maximum absolute atomic E-state index is 5.94. The van der Waals surface area contributed by atoms with E-state index >= 15 is 0 Å². The van der Waals surface area contributed by atoms with Crippen LogP contribution in [0.4, 0.5) is 0 Å². The van der Waals surface area contributed by atoms with Gasteiger partial charge in [0.25, 0.3) is 0 Å². The van der Waals surface area contributed by atoms with E-state index in [0.29, 0.717) is 10.5 Å². The maximum Gasteiger partial charge on any atom is 0.197 e. The SMILES string of the molecule is ClC1=NC2SC=CCC2=C(Cl)N1. The minimum absolute atomic E-state index is 0.0799. The molecule has 0 aliphatic carbocycles. The predicted octanol–water partition coefficient (Wildman–Crippen LogP) is 2.61. The van der Waals surface area contributed by atoms with E-state index < -0.39 is 0 Å². The Morgan fingerprint density at radius 3 is 3.25 bits per heavy atom. The second-order valence-corrected chi connectivity index (χ2v) is 4.18. The molecule has 2 aliphatic rings. The third kappa shape index (κ3) is 1.49. The molecule has 0 aromatic carbocycles. The summed E-state index contributed by atoms with van der Waals surface area (Å²) in [6, 6.07) is 0. The number of rotatable bonds is 0. The van der Waals surface area contributed by atoms with Gasteiger partial charge in [0.15, 0.2) is 5.29 Å². The van der Waals surface area contributed by atoms with Crippen LogP contribution in [0.3, 0.4) is 0 Å². The lowest BCUT2D eigenvalue weighted by atomic mass is 10.2. The van der Waals surface area contributed by atoms with E-state index in [0.717, 1.165) is 12.0 Å². The van der Waals surface area contributed by atoms with Crippen LogP contribution in [-0.2, 0) is 0 Å². The largest absolute Gasteiger partial charge is 0.321 e. The number of nitrogens with one attached hydrogen (secondary N) is 1. The van der Waals surface area contributed by atoms with Gasteiger partial charge < -0.3 is 5.32 Å². The number of hydrogen-bond acceptors (Lipinski definition) is 3. The molecule has 1 unspecified atom stereocenters. The molecule has 0 fully saturated rings. The Kier molecular flexibility index (Phi) is 2.35. The van der Waals surface area contributed by atoms with Gasteiger partial charge in [-0.05, 0) is 23.4 Å². The monoisotopic (exact) mass is 220 g/mol. The Bertz CT molecular complexity index is 296. The third-order valence-corrected chi connectivity index (χ3v) is 3.19. The summed E-state index contributed by atoms with van der Waals surface area (Å²) < 4.78 is 0. The van der Waals surface area contributed by atoms with Crippen LogP contribution in [0.5, 0.6) is 0 Å². The normalized spacial score (nSPS) is 27.8. The fourth-order valence-corrected chi connectivity index (χ4v) is 2.63. The minimum Gasteiger partial charge on any atom is -0.321 e. The molecule has 0 spiro atoms. The van der Waals surface area contributed by atoms with Crippen LogP contribution in [-0.4, -0.2) is 10.7 Å². The number of hydrogen-bond donors (Lipinski definition) is 1. The van der Waals surface area contributed by atoms with Gasteiger partial charge in [0.1, 0.15) is 10.5 Å². The van der Waals surface area contributed by atoms with Gasteiger partial charge in [-0.15, -0.1) is 11.8 Å². The molecule has 0 bridgehead atoms. The highest BCUT2D eigenvalue weighted by atomic mass is 35.5. The van der Waals surface area contributed by atoms with Crippen molar-refractivity contribution in [2.24, 2.45) is 4.99 Å². The van der Waals surface area contributed by atoms with Crippen molar-refractivity contribution < 1.29 is 0 Å². The van der Waals surface area contributed by atoms with E-state index in [9.17, 15) is 0 Å². The highest BCUT2D eigenvalue weighted by Crippen LogP contribution is 2.34. The van der Waals surface area contributed by atoms with Gasteiger partial charge in [0, 0.05) is 5.57 Å². The number of halogens is 2. The van der Waals surface area contributed by atoms with Gasteiger partial charge in [-0.1, -0.05) is 17.7 Å². The highest BCUT2D eigenvalue weighted by Gasteiger charge is 2.23. The molecule has 2 nitrogen and oxygen atoms in total. The van der Waals surface area contributed by atoms with Crippen molar-refractivity contribution in [1.82, 2.24) is 5.32 Å². The van der Waals surface area contributed by atoms with Gasteiger partial charge in [-0.3, -0.25) is 0 Å². The Morgan fingerprint density at radius 1 is 1.58 bits per heavy atom. The summed E-state index contributed by atoms with van der Waals surface area (Å²) in [6.45, 7) is 0. The molecule has 1 N–H and O–H groups in total. The van der Waals surface area contributed by atoms with Crippen molar-refractivity contribution in [3.63, 3.8) is 0 Å². The number of nitrogens with zero attached hydrogens (tertiary/aromatic N) is 1. The number of thioether (sulfide) groups is 1. The van der Waals surface area contributed by atoms with E-state index in [1.807, 2.05) is 5.41 Å². The molecule has 0 aromatic heterocycles. The van der Waals surface area contributed by atoms with Crippen LogP contribution in [0.2, 0.25) is 0 Å². The topological polar surface area (TPSA) is 24.4 Å². The molecule has 0 saturated heterocycles. The second-order valence-electron chi connectivity index (χ2n) is 2.45. The van der Waals surface area contributed by atoms with E-state index in [-0.39, 0.29) is 5.37 Å². The Balaban J connectivity index is 2.33. The molecule has 0 radical (unpaired) electrons. The molecular weight excluding hydrogens is 215 g/mol. The lowest BCUT2D eigenvalue weighted by Gasteiger charge is -2.23. The average molecular weight is 221 g/mol. The first-order valence-corrected chi connectivity index (χ1v) is 5.16. The fourth-order valence-electron chi connectivity index (χ4n) is 1.10. The van der Waals surface area contributed by atoms with Gasteiger partial charge in [-0.2, -0.15) is 0 Å². The summed E-state index contributed by atoms with van der Waals surface area (Å²) in [6.07, 6.45) is 2.92. The molecule has 0 amide bonds. The van der Waals surface area contributed by atoms with Crippen LogP contribution < -0.4 is 5.32 Å². The number of aliphatic imine (C=N–C) groups is 1. The smallest absolute Gasteiger partial charge is 0.197 e. The van der Waals surface area contributed by atoms with Gasteiger partial charge in [0.05, 0.1) is 0 Å². The molecule has 0 saturated carbocycles. The van der Waals surface area contributed by atoms with Gasteiger partial charge in [-0.25, -0.2) is 4.99 Å². The second kappa shape index (κ2) is 3.32. The first-order valence-electron chi connectivity index (χ1n) is 3.46. The average Bonchev–Trinajstić information content (AvgIpc) is 2.04. The van der Waals surface area contributed by atoms with Crippen molar-refractivity contribution in [2.45, 2.75) is 11.8 Å². The van der Waals surface area contributed by atoms with Crippen molar-refractivity contribution in [3.8, 4) is 0 Å². The van der Waals surface area contributed by atoms with Crippen LogP contribution in [0.1, 0.15) is 6.42 Å². The van der Waals surface area contributed by atoms with Gasteiger partial charge in [0.2, 0.25) is 0 Å². The van der Waals surface area contributed by atoms with Crippen molar-refractivity contribution in [2.75, 3.05) is 0 Å². The zero-order chi connectivity index (χ0) is 8.55. The van der Waals surface area contributed by atoms with Crippen LogP contribution in [0.15, 0.2) is 27.2 Å². The summed E-state index contributed by atoms with van der Waals surface area (Å²) in [7, 11) is 0. The van der Waals surface area contributed by atoms with Gasteiger partial charge >= 0.3 is 0 Å². The molecule has 2 heterocycles. The van der Waals surface area contributed by atoms with Crippen molar-refractivity contribution >= 4 is 40.3 Å². The summed E-state index contributed by atoms with van der Waals surface area (Å²) in [5.74, 6) is 0. The molecule has 2 rings (SSSR count). The molecule has 0 aromatic rings. The lowest BCUT2D eigenvalue weighted by molar-refractivity contribution is 0.929. The van der Waals surface area contributed by atoms with Crippen LogP contribution in [0, 0.1) is 0 Å². The van der Waals surface area contributed by atoms with Crippen molar-refractivity contribution in [3.05, 3.63) is 22.2 Å². The summed E-state index contributed by atoms with van der Waals surface area (Å²) >= 11 is 13.3. The molecule has 64 valence electrons. The van der Waals surface area contributed by atoms with E-state index in [4.69, 9.17) is 23.2 Å². The number of fused-ring (bicyclic) bond motifs is 1. The Labute approximate surface area is 84.7 Å². The molecule has 12 heavy (non-hydrogen) atoms. The first-order chi connectivity index (χ1) is 5.77. The van der Waals surface area contributed by atoms with Crippen LogP contribution >= 0.6 is 35.0 Å². The Hall–Kier alpha value is -0.120. The quantitative estimate of drug-likeness (QED) is 0.636.